The van der Waals surface area contributed by atoms with E-state index in [0.29, 0.717) is 12.1 Å². The number of aromatic nitrogens is 4. The van der Waals surface area contributed by atoms with Crippen molar-refractivity contribution in [2.45, 2.75) is 18.4 Å². The second kappa shape index (κ2) is 4.75. The predicted molar refractivity (Wildman–Crippen MR) is 73.2 cm³/mol. The molecule has 0 bridgehead atoms. The van der Waals surface area contributed by atoms with Crippen molar-refractivity contribution in [1.82, 2.24) is 25.3 Å². The van der Waals surface area contributed by atoms with Crippen molar-refractivity contribution in [1.29, 1.82) is 0 Å². The van der Waals surface area contributed by atoms with E-state index in [1.165, 1.54) is 12.3 Å². The van der Waals surface area contributed by atoms with Crippen LogP contribution in [-0.4, -0.2) is 32.4 Å². The van der Waals surface area contributed by atoms with Gasteiger partial charge in [0.05, 0.1) is 28.5 Å². The number of carbonyl (C=O) groups is 1. The van der Waals surface area contributed by atoms with Crippen molar-refractivity contribution in [2.24, 2.45) is 0 Å². The molecule has 1 amide bonds. The Morgan fingerprint density at radius 2 is 2.15 bits per heavy atom. The fourth-order valence-corrected chi connectivity index (χ4v) is 2.14. The SMILES string of the molecule is Nc1ncc(C(=O)NCC2(n3nccn3)CC2)cc1Cl. The summed E-state index contributed by atoms with van der Waals surface area (Å²) in [5, 5.41) is 11.4. The Kier molecular flexibility index (Phi) is 3.06. The van der Waals surface area contributed by atoms with Gasteiger partial charge in [0.15, 0.2) is 0 Å². The molecule has 0 aliphatic heterocycles. The molecule has 20 heavy (non-hydrogen) atoms. The van der Waals surface area contributed by atoms with Crippen LogP contribution in [0.5, 0.6) is 0 Å². The molecular formula is C12H13ClN6O. The van der Waals surface area contributed by atoms with Gasteiger partial charge in [-0.15, -0.1) is 0 Å². The van der Waals surface area contributed by atoms with Gasteiger partial charge >= 0.3 is 0 Å². The monoisotopic (exact) mass is 292 g/mol. The Morgan fingerprint density at radius 3 is 2.75 bits per heavy atom. The van der Waals surface area contributed by atoms with Crippen molar-refractivity contribution < 1.29 is 4.79 Å². The minimum absolute atomic E-state index is 0.190. The summed E-state index contributed by atoms with van der Waals surface area (Å²) in [6.45, 7) is 0.475. The predicted octanol–water partition coefficient (Wildman–Crippen LogP) is 0.828. The van der Waals surface area contributed by atoms with Crippen LogP contribution in [0.25, 0.3) is 0 Å². The molecule has 0 spiro atoms. The Morgan fingerprint density at radius 1 is 1.45 bits per heavy atom. The fourth-order valence-electron chi connectivity index (χ4n) is 1.97. The van der Waals surface area contributed by atoms with Crippen LogP contribution in [0.2, 0.25) is 5.02 Å². The summed E-state index contributed by atoms with van der Waals surface area (Å²) < 4.78 is 0. The first-order valence-electron chi connectivity index (χ1n) is 6.17. The minimum atomic E-state index is -0.238. The Labute approximate surface area is 120 Å². The summed E-state index contributed by atoms with van der Waals surface area (Å²) in [5.41, 5.74) is 5.70. The number of halogens is 1. The molecule has 7 nitrogen and oxygen atoms in total. The number of hydrogen-bond acceptors (Lipinski definition) is 5. The van der Waals surface area contributed by atoms with E-state index in [1.54, 1.807) is 17.2 Å². The quantitative estimate of drug-likeness (QED) is 0.869. The Balaban J connectivity index is 1.67. The lowest BCUT2D eigenvalue weighted by atomic mass is 10.2. The highest BCUT2D eigenvalue weighted by Crippen LogP contribution is 2.41. The van der Waals surface area contributed by atoms with Gasteiger partial charge in [-0.25, -0.2) is 4.98 Å². The van der Waals surface area contributed by atoms with Gasteiger partial charge < -0.3 is 11.1 Å². The topological polar surface area (TPSA) is 98.7 Å². The van der Waals surface area contributed by atoms with E-state index in [0.717, 1.165) is 12.8 Å². The van der Waals surface area contributed by atoms with Crippen molar-refractivity contribution in [3.8, 4) is 0 Å². The largest absolute Gasteiger partial charge is 0.382 e. The first-order valence-corrected chi connectivity index (χ1v) is 6.55. The lowest BCUT2D eigenvalue weighted by molar-refractivity contribution is 0.0942. The maximum absolute atomic E-state index is 12.1. The smallest absolute Gasteiger partial charge is 0.252 e. The molecule has 2 aromatic heterocycles. The molecule has 0 atom stereocenters. The van der Waals surface area contributed by atoms with Crippen LogP contribution in [0.1, 0.15) is 23.2 Å². The third-order valence-electron chi connectivity index (χ3n) is 3.38. The van der Waals surface area contributed by atoms with Crippen LogP contribution in [0.15, 0.2) is 24.7 Å². The number of pyridine rings is 1. The molecule has 0 unspecified atom stereocenters. The van der Waals surface area contributed by atoms with Gasteiger partial charge in [-0.3, -0.25) is 4.79 Å². The zero-order valence-electron chi connectivity index (χ0n) is 10.6. The zero-order valence-corrected chi connectivity index (χ0v) is 11.3. The molecular weight excluding hydrogens is 280 g/mol. The second-order valence-corrected chi connectivity index (χ2v) is 5.22. The number of nitrogens with two attached hydrogens (primary N) is 1. The molecule has 0 aromatic carbocycles. The van der Waals surface area contributed by atoms with E-state index in [9.17, 15) is 4.79 Å². The summed E-state index contributed by atoms with van der Waals surface area (Å²) in [5.74, 6) is -0.0274. The lowest BCUT2D eigenvalue weighted by Gasteiger charge is -2.15. The number of carbonyl (C=O) groups excluding carboxylic acids is 1. The van der Waals surface area contributed by atoms with Crippen LogP contribution < -0.4 is 11.1 Å². The highest BCUT2D eigenvalue weighted by Gasteiger charge is 2.46. The normalized spacial score (nSPS) is 15.8. The van der Waals surface area contributed by atoms with E-state index in [2.05, 4.69) is 20.5 Å². The Hall–Kier alpha value is -2.15. The standard InChI is InChI=1S/C12H13ClN6O/c13-9-5-8(6-15-10(9)14)11(20)16-7-12(1-2-12)19-17-3-4-18-19/h3-6H,1-2,7H2,(H2,14,15)(H,16,20). The number of amides is 1. The van der Waals surface area contributed by atoms with Gasteiger partial charge in [0.25, 0.3) is 5.91 Å². The highest BCUT2D eigenvalue weighted by atomic mass is 35.5. The number of nitrogen functional groups attached to an aromatic ring is 1. The van der Waals surface area contributed by atoms with Gasteiger partial charge in [-0.1, -0.05) is 11.6 Å². The summed E-state index contributed by atoms with van der Waals surface area (Å²) in [6, 6.07) is 1.50. The summed E-state index contributed by atoms with van der Waals surface area (Å²) >= 11 is 5.85. The van der Waals surface area contributed by atoms with E-state index in [4.69, 9.17) is 17.3 Å². The van der Waals surface area contributed by atoms with E-state index >= 15 is 0 Å². The van der Waals surface area contributed by atoms with Crippen molar-refractivity contribution in [2.75, 3.05) is 12.3 Å². The maximum atomic E-state index is 12.1. The molecule has 3 N–H and O–H groups in total. The summed E-state index contributed by atoms with van der Waals surface area (Å²) in [4.78, 5) is 17.6. The van der Waals surface area contributed by atoms with Crippen LogP contribution in [0.3, 0.4) is 0 Å². The van der Waals surface area contributed by atoms with Crippen LogP contribution >= 0.6 is 11.6 Å². The van der Waals surface area contributed by atoms with Crippen molar-refractivity contribution in [3.63, 3.8) is 0 Å². The fraction of sp³-hybridized carbons (Fsp3) is 0.333. The van der Waals surface area contributed by atoms with Crippen LogP contribution in [-0.2, 0) is 5.54 Å². The molecule has 1 aliphatic rings. The lowest BCUT2D eigenvalue weighted by Crippen LogP contribution is -2.36. The average Bonchev–Trinajstić information content (AvgIpc) is 3.02. The number of nitrogens with zero attached hydrogens (tertiary/aromatic N) is 4. The third kappa shape index (κ3) is 2.32. The number of anilines is 1. The molecule has 2 aromatic rings. The highest BCUT2D eigenvalue weighted by molar-refractivity contribution is 6.33. The van der Waals surface area contributed by atoms with Crippen LogP contribution in [0.4, 0.5) is 5.82 Å². The third-order valence-corrected chi connectivity index (χ3v) is 3.68. The number of nitrogens with one attached hydrogen (secondary N) is 1. The summed E-state index contributed by atoms with van der Waals surface area (Å²) in [7, 11) is 0. The molecule has 0 saturated heterocycles. The van der Waals surface area contributed by atoms with Gasteiger partial charge in [0.2, 0.25) is 0 Å². The van der Waals surface area contributed by atoms with Gasteiger partial charge in [-0.05, 0) is 18.9 Å². The van der Waals surface area contributed by atoms with Crippen LogP contribution in [0, 0.1) is 0 Å². The molecule has 1 fully saturated rings. The van der Waals surface area contributed by atoms with Gasteiger partial charge in [-0.2, -0.15) is 15.0 Å². The average molecular weight is 293 g/mol. The molecule has 1 saturated carbocycles. The molecule has 8 heteroatoms. The van der Waals surface area contributed by atoms with Crippen molar-refractivity contribution in [3.05, 3.63) is 35.2 Å². The molecule has 104 valence electrons. The summed E-state index contributed by atoms with van der Waals surface area (Å²) in [6.07, 6.45) is 6.56. The Bertz CT molecular complexity index is 637. The number of rotatable bonds is 4. The molecule has 3 rings (SSSR count). The molecule has 0 radical (unpaired) electrons. The maximum Gasteiger partial charge on any atom is 0.252 e. The molecule has 2 heterocycles. The first kappa shape index (κ1) is 12.9. The second-order valence-electron chi connectivity index (χ2n) is 4.82. The minimum Gasteiger partial charge on any atom is -0.382 e. The first-order chi connectivity index (χ1) is 9.61. The van der Waals surface area contributed by atoms with E-state index in [-0.39, 0.29) is 22.3 Å². The van der Waals surface area contributed by atoms with Gasteiger partial charge in [0, 0.05) is 12.7 Å². The van der Waals surface area contributed by atoms with Gasteiger partial charge in [0.1, 0.15) is 5.82 Å². The zero-order chi connectivity index (χ0) is 14.2. The van der Waals surface area contributed by atoms with E-state index in [1.807, 2.05) is 0 Å². The molecule has 1 aliphatic carbocycles. The van der Waals surface area contributed by atoms with E-state index < -0.39 is 0 Å². The van der Waals surface area contributed by atoms with Crippen molar-refractivity contribution >= 4 is 23.3 Å². The number of hydrogen-bond donors (Lipinski definition) is 2.